The van der Waals surface area contributed by atoms with Crippen LogP contribution in [0, 0.1) is 0 Å². The monoisotopic (exact) mass is 268 g/mol. The van der Waals surface area contributed by atoms with Crippen LogP contribution < -0.4 is 0 Å². The van der Waals surface area contributed by atoms with E-state index in [2.05, 4.69) is 21.0 Å². The summed E-state index contributed by atoms with van der Waals surface area (Å²) in [5.74, 6) is 0. The van der Waals surface area contributed by atoms with E-state index in [1.165, 1.54) is 10.4 Å². The normalized spacial score (nSPS) is 15.1. The summed E-state index contributed by atoms with van der Waals surface area (Å²) in [6, 6.07) is 8.19. The van der Waals surface area contributed by atoms with E-state index in [4.69, 9.17) is 4.98 Å². The summed E-state index contributed by atoms with van der Waals surface area (Å²) >= 11 is 1.68. The van der Waals surface area contributed by atoms with Gasteiger partial charge in [-0.2, -0.15) is 0 Å². The highest BCUT2D eigenvalue weighted by atomic mass is 32.1. The molecule has 0 atom stereocenters. The molecule has 94 valence electrons. The molecule has 0 saturated carbocycles. The third-order valence-corrected chi connectivity index (χ3v) is 4.34. The second-order valence-corrected chi connectivity index (χ2v) is 5.58. The zero-order chi connectivity index (χ0) is 12.7. The fourth-order valence-electron chi connectivity index (χ4n) is 2.38. The number of H-pyrrole nitrogens is 1. The number of aliphatic imine (C=N–C) groups is 1. The highest BCUT2D eigenvalue weighted by Gasteiger charge is 2.20. The number of imidazole rings is 1. The van der Waals surface area contributed by atoms with Crippen LogP contribution in [-0.4, -0.2) is 27.2 Å². The van der Waals surface area contributed by atoms with E-state index in [9.17, 15) is 0 Å². The van der Waals surface area contributed by atoms with Crippen molar-refractivity contribution in [3.05, 3.63) is 47.0 Å². The molecule has 4 rings (SSSR count). The van der Waals surface area contributed by atoms with Crippen molar-refractivity contribution < 1.29 is 0 Å². The van der Waals surface area contributed by atoms with Crippen molar-refractivity contribution in [2.75, 3.05) is 6.54 Å². The van der Waals surface area contributed by atoms with Crippen molar-refractivity contribution in [3.8, 4) is 0 Å². The molecule has 0 amide bonds. The van der Waals surface area contributed by atoms with Crippen molar-refractivity contribution in [2.24, 2.45) is 4.99 Å². The van der Waals surface area contributed by atoms with Crippen LogP contribution in [-0.2, 0) is 6.42 Å². The molecule has 5 heteroatoms. The highest BCUT2D eigenvalue weighted by Crippen LogP contribution is 2.25. The van der Waals surface area contributed by atoms with Gasteiger partial charge >= 0.3 is 0 Å². The van der Waals surface area contributed by atoms with Gasteiger partial charge in [0.2, 0.25) is 0 Å². The minimum absolute atomic E-state index is 0.843. The number of rotatable bonds is 1. The van der Waals surface area contributed by atoms with Gasteiger partial charge in [-0.05, 0) is 25.0 Å². The predicted octanol–water partition coefficient (Wildman–Crippen LogP) is 2.80. The molecule has 3 aromatic rings. The lowest BCUT2D eigenvalue weighted by Crippen LogP contribution is -2.05. The molecule has 1 N–H and O–H groups in total. The molecule has 0 saturated heterocycles. The number of thiazole rings is 1. The SMILES string of the molecule is c1ccc2sc(C3=NCCCc4[nH]cnc43)nc2c1. The summed E-state index contributed by atoms with van der Waals surface area (Å²) in [6.45, 7) is 0.843. The third kappa shape index (κ3) is 1.77. The molecule has 0 radical (unpaired) electrons. The van der Waals surface area contributed by atoms with Gasteiger partial charge in [-0.3, -0.25) is 4.99 Å². The zero-order valence-corrected chi connectivity index (χ0v) is 11.1. The van der Waals surface area contributed by atoms with Crippen LogP contribution in [0.2, 0.25) is 0 Å². The Morgan fingerprint density at radius 2 is 2.16 bits per heavy atom. The molecule has 0 aliphatic carbocycles. The Bertz CT molecular complexity index is 735. The Balaban J connectivity index is 1.90. The molecule has 4 nitrogen and oxygen atoms in total. The van der Waals surface area contributed by atoms with Gasteiger partial charge in [0.15, 0.2) is 0 Å². The van der Waals surface area contributed by atoms with E-state index in [1.54, 1.807) is 17.7 Å². The Labute approximate surface area is 114 Å². The number of aromatic nitrogens is 3. The number of nitrogens with one attached hydrogen (secondary N) is 1. The first-order chi connectivity index (χ1) is 9.42. The van der Waals surface area contributed by atoms with Gasteiger partial charge in [0.05, 0.1) is 16.5 Å². The molecule has 3 heterocycles. The molecule has 19 heavy (non-hydrogen) atoms. The molecular weight excluding hydrogens is 256 g/mol. The number of hydrogen-bond acceptors (Lipinski definition) is 4. The lowest BCUT2D eigenvalue weighted by molar-refractivity contribution is 0.827. The average molecular weight is 268 g/mol. The molecule has 0 bridgehead atoms. The van der Waals surface area contributed by atoms with Crippen LogP contribution in [0.5, 0.6) is 0 Å². The van der Waals surface area contributed by atoms with Crippen LogP contribution in [0.4, 0.5) is 0 Å². The summed E-state index contributed by atoms with van der Waals surface area (Å²) in [4.78, 5) is 17.0. The predicted molar refractivity (Wildman–Crippen MR) is 77.0 cm³/mol. The summed E-state index contributed by atoms with van der Waals surface area (Å²) in [5.41, 5.74) is 4.12. The topological polar surface area (TPSA) is 53.9 Å². The molecule has 2 aromatic heterocycles. The Kier molecular flexibility index (Phi) is 2.45. The number of aromatic amines is 1. The number of benzene rings is 1. The van der Waals surface area contributed by atoms with Gasteiger partial charge < -0.3 is 4.98 Å². The maximum Gasteiger partial charge on any atom is 0.144 e. The van der Waals surface area contributed by atoms with Crippen molar-refractivity contribution in [1.29, 1.82) is 0 Å². The lowest BCUT2D eigenvalue weighted by atomic mass is 10.2. The number of nitrogens with zero attached hydrogens (tertiary/aromatic N) is 3. The van der Waals surface area contributed by atoms with Gasteiger partial charge in [0.25, 0.3) is 0 Å². The smallest absolute Gasteiger partial charge is 0.144 e. The van der Waals surface area contributed by atoms with Crippen LogP contribution in [0.1, 0.15) is 22.8 Å². The summed E-state index contributed by atoms with van der Waals surface area (Å²) in [5, 5.41) is 0.969. The van der Waals surface area contributed by atoms with Gasteiger partial charge in [-0.25, -0.2) is 9.97 Å². The van der Waals surface area contributed by atoms with Crippen molar-refractivity contribution >= 4 is 27.3 Å². The minimum Gasteiger partial charge on any atom is -0.348 e. The molecule has 0 fully saturated rings. The first kappa shape index (κ1) is 10.9. The van der Waals surface area contributed by atoms with Crippen molar-refractivity contribution in [3.63, 3.8) is 0 Å². The maximum absolute atomic E-state index is 4.69. The maximum atomic E-state index is 4.69. The molecule has 1 aliphatic heterocycles. The van der Waals surface area contributed by atoms with Crippen LogP contribution in [0.15, 0.2) is 35.6 Å². The summed E-state index contributed by atoms with van der Waals surface area (Å²) < 4.78 is 1.20. The molecule has 0 spiro atoms. The van der Waals surface area contributed by atoms with Crippen LogP contribution >= 0.6 is 11.3 Å². The summed E-state index contributed by atoms with van der Waals surface area (Å²) in [6.07, 6.45) is 3.82. The Morgan fingerprint density at radius 3 is 3.11 bits per heavy atom. The van der Waals surface area contributed by atoms with Crippen LogP contribution in [0.25, 0.3) is 10.2 Å². The Hall–Kier alpha value is -2.01. The Morgan fingerprint density at radius 1 is 1.21 bits per heavy atom. The molecular formula is C14H12N4S. The average Bonchev–Trinajstić information content (AvgIpc) is 3.01. The van der Waals surface area contributed by atoms with E-state index in [0.29, 0.717) is 0 Å². The lowest BCUT2D eigenvalue weighted by Gasteiger charge is -1.98. The zero-order valence-electron chi connectivity index (χ0n) is 10.3. The van der Waals surface area contributed by atoms with E-state index in [1.807, 2.05) is 18.2 Å². The fraction of sp³-hybridized carbons (Fsp3) is 0.214. The molecule has 1 aliphatic rings. The fourth-order valence-corrected chi connectivity index (χ4v) is 3.35. The van der Waals surface area contributed by atoms with E-state index < -0.39 is 0 Å². The summed E-state index contributed by atoms with van der Waals surface area (Å²) in [7, 11) is 0. The quantitative estimate of drug-likeness (QED) is 0.738. The van der Waals surface area contributed by atoms with Crippen LogP contribution in [0.3, 0.4) is 0 Å². The number of para-hydroxylation sites is 1. The van der Waals surface area contributed by atoms with Gasteiger partial charge in [0.1, 0.15) is 16.4 Å². The number of fused-ring (bicyclic) bond motifs is 2. The van der Waals surface area contributed by atoms with Gasteiger partial charge in [-0.1, -0.05) is 12.1 Å². The second-order valence-electron chi connectivity index (χ2n) is 4.55. The van der Waals surface area contributed by atoms with E-state index in [-0.39, 0.29) is 0 Å². The molecule has 1 aromatic carbocycles. The van der Waals surface area contributed by atoms with Gasteiger partial charge in [-0.15, -0.1) is 11.3 Å². The molecule has 0 unspecified atom stereocenters. The van der Waals surface area contributed by atoms with Crippen molar-refractivity contribution in [1.82, 2.24) is 15.0 Å². The van der Waals surface area contributed by atoms with E-state index in [0.717, 1.165) is 41.3 Å². The third-order valence-electron chi connectivity index (χ3n) is 3.29. The minimum atomic E-state index is 0.843. The first-order valence-corrected chi connectivity index (χ1v) is 7.16. The van der Waals surface area contributed by atoms with Crippen molar-refractivity contribution in [2.45, 2.75) is 12.8 Å². The highest BCUT2D eigenvalue weighted by molar-refractivity contribution is 7.20. The van der Waals surface area contributed by atoms with Gasteiger partial charge in [0, 0.05) is 12.2 Å². The first-order valence-electron chi connectivity index (χ1n) is 6.35. The standard InChI is InChI=1S/C14H12N4S/c1-2-6-11-9(4-1)18-14(19-11)13-12-10(16-8-17-12)5-3-7-15-13/h1-2,4,6,8H,3,5,7H2,(H,16,17). The largest absolute Gasteiger partial charge is 0.348 e. The second kappa shape index (κ2) is 4.28. The number of hydrogen-bond donors (Lipinski definition) is 1. The number of aryl methyl sites for hydroxylation is 1. The van der Waals surface area contributed by atoms with E-state index >= 15 is 0 Å².